The molecule has 0 saturated heterocycles. The van der Waals surface area contributed by atoms with Gasteiger partial charge in [-0.2, -0.15) is 10.1 Å². The summed E-state index contributed by atoms with van der Waals surface area (Å²) in [6, 6.07) is 3.19. The van der Waals surface area contributed by atoms with Crippen LogP contribution in [-0.4, -0.2) is 24.9 Å². The summed E-state index contributed by atoms with van der Waals surface area (Å²) >= 11 is 0. The molecule has 7 heteroatoms. The van der Waals surface area contributed by atoms with Gasteiger partial charge in [-0.05, 0) is 12.1 Å². The van der Waals surface area contributed by atoms with Crippen molar-refractivity contribution >= 4 is 0 Å². The van der Waals surface area contributed by atoms with Crippen LogP contribution in [0.15, 0.2) is 41.4 Å². The number of pyridine rings is 1. The monoisotopic (exact) mass is 256 g/mol. The molecule has 0 radical (unpaired) electrons. The molecule has 3 rings (SSSR count). The Hall–Kier alpha value is -2.54. The summed E-state index contributed by atoms with van der Waals surface area (Å²) in [6.45, 7) is 0. The van der Waals surface area contributed by atoms with Crippen LogP contribution >= 0.6 is 0 Å². The van der Waals surface area contributed by atoms with Crippen LogP contribution in [0.1, 0.15) is 17.5 Å². The lowest BCUT2D eigenvalue weighted by Gasteiger charge is -2.01. The average molecular weight is 256 g/mol. The molecule has 3 aromatic heterocycles. The number of hydrogen-bond acceptors (Lipinski definition) is 6. The zero-order valence-corrected chi connectivity index (χ0v) is 10.3. The third kappa shape index (κ3) is 2.23. The van der Waals surface area contributed by atoms with Crippen LogP contribution in [0.4, 0.5) is 0 Å². The summed E-state index contributed by atoms with van der Waals surface area (Å²) in [6.07, 6.45) is 6.85. The van der Waals surface area contributed by atoms with E-state index in [1.807, 2.05) is 25.4 Å². The molecule has 1 atom stereocenters. The Morgan fingerprint density at radius 3 is 2.95 bits per heavy atom. The molecule has 0 aliphatic carbocycles. The molecule has 0 aliphatic rings. The third-order valence-corrected chi connectivity index (χ3v) is 2.71. The first-order valence-corrected chi connectivity index (χ1v) is 5.72. The number of nitrogens with zero attached hydrogens (tertiary/aromatic N) is 5. The minimum Gasteiger partial charge on any atom is -0.337 e. The van der Waals surface area contributed by atoms with Gasteiger partial charge in [0.25, 0.3) is 0 Å². The molecule has 3 heterocycles. The molecule has 0 fully saturated rings. The highest BCUT2D eigenvalue weighted by Crippen LogP contribution is 2.20. The summed E-state index contributed by atoms with van der Waals surface area (Å²) in [5, 5.41) is 7.97. The molecular formula is C12H12N6O. The second-order valence-corrected chi connectivity index (χ2v) is 4.12. The standard InChI is InChI=1S/C12H12N6O/c1-18-7-9(6-15-18)10(13)12-16-11(17-19-12)8-3-2-4-14-5-8/h2-7,10H,13H2,1H3. The number of aromatic nitrogens is 5. The number of nitrogens with two attached hydrogens (primary N) is 1. The van der Waals surface area contributed by atoms with Gasteiger partial charge in [-0.25, -0.2) is 0 Å². The van der Waals surface area contributed by atoms with Crippen LogP contribution in [0.2, 0.25) is 0 Å². The van der Waals surface area contributed by atoms with Crippen LogP contribution in [-0.2, 0) is 7.05 Å². The number of hydrogen-bond donors (Lipinski definition) is 1. The fourth-order valence-corrected chi connectivity index (χ4v) is 1.72. The SMILES string of the molecule is Cn1cc(C(N)c2nc(-c3cccnc3)no2)cn1. The van der Waals surface area contributed by atoms with Crippen molar-refractivity contribution < 1.29 is 4.52 Å². The van der Waals surface area contributed by atoms with Crippen molar-refractivity contribution in [1.82, 2.24) is 24.9 Å². The van der Waals surface area contributed by atoms with Crippen LogP contribution in [0.5, 0.6) is 0 Å². The van der Waals surface area contributed by atoms with Gasteiger partial charge in [-0.3, -0.25) is 9.67 Å². The lowest BCUT2D eigenvalue weighted by atomic mass is 10.2. The smallest absolute Gasteiger partial charge is 0.248 e. The van der Waals surface area contributed by atoms with Gasteiger partial charge in [0.2, 0.25) is 11.7 Å². The van der Waals surface area contributed by atoms with Gasteiger partial charge in [0.1, 0.15) is 6.04 Å². The largest absolute Gasteiger partial charge is 0.337 e. The zero-order valence-electron chi connectivity index (χ0n) is 10.3. The maximum atomic E-state index is 6.06. The Kier molecular flexibility index (Phi) is 2.81. The third-order valence-electron chi connectivity index (χ3n) is 2.71. The molecule has 1 unspecified atom stereocenters. The van der Waals surface area contributed by atoms with E-state index in [0.717, 1.165) is 11.1 Å². The molecular weight excluding hydrogens is 244 g/mol. The predicted octanol–water partition coefficient (Wildman–Crippen LogP) is 0.913. The van der Waals surface area contributed by atoms with E-state index in [-0.39, 0.29) is 0 Å². The fraction of sp³-hybridized carbons (Fsp3) is 0.167. The van der Waals surface area contributed by atoms with Crippen LogP contribution in [0.25, 0.3) is 11.4 Å². The molecule has 0 amide bonds. The predicted molar refractivity (Wildman–Crippen MR) is 66.8 cm³/mol. The molecule has 19 heavy (non-hydrogen) atoms. The Labute approximate surface area is 109 Å². The highest BCUT2D eigenvalue weighted by molar-refractivity contribution is 5.52. The van der Waals surface area contributed by atoms with Gasteiger partial charge in [0.15, 0.2) is 0 Å². The normalized spacial score (nSPS) is 12.5. The first-order chi connectivity index (χ1) is 9.24. The van der Waals surface area contributed by atoms with Crippen molar-refractivity contribution in [2.45, 2.75) is 6.04 Å². The Bertz CT molecular complexity index is 674. The quantitative estimate of drug-likeness (QED) is 0.748. The van der Waals surface area contributed by atoms with Crippen LogP contribution in [0, 0.1) is 0 Å². The Morgan fingerprint density at radius 2 is 2.26 bits per heavy atom. The van der Waals surface area contributed by atoms with Crippen LogP contribution in [0.3, 0.4) is 0 Å². The molecule has 2 N–H and O–H groups in total. The summed E-state index contributed by atoms with van der Waals surface area (Å²) in [5.74, 6) is 0.828. The second kappa shape index (κ2) is 4.62. The first-order valence-electron chi connectivity index (χ1n) is 5.72. The molecule has 7 nitrogen and oxygen atoms in total. The van der Waals surface area contributed by atoms with Gasteiger partial charge in [0, 0.05) is 36.8 Å². The average Bonchev–Trinajstić information content (AvgIpc) is 3.08. The van der Waals surface area contributed by atoms with E-state index < -0.39 is 6.04 Å². The van der Waals surface area contributed by atoms with Crippen molar-refractivity contribution in [3.63, 3.8) is 0 Å². The summed E-state index contributed by atoms with van der Waals surface area (Å²) in [5.41, 5.74) is 7.67. The topological polar surface area (TPSA) is 95.7 Å². The van der Waals surface area contributed by atoms with Gasteiger partial charge in [-0.15, -0.1) is 0 Å². The number of aryl methyl sites for hydroxylation is 1. The van der Waals surface area contributed by atoms with Crippen LogP contribution < -0.4 is 5.73 Å². The Balaban J connectivity index is 1.89. The van der Waals surface area contributed by atoms with Crippen molar-refractivity contribution in [3.8, 4) is 11.4 Å². The van der Waals surface area contributed by atoms with Crippen molar-refractivity contribution in [2.75, 3.05) is 0 Å². The highest BCUT2D eigenvalue weighted by Gasteiger charge is 2.18. The molecule has 0 bridgehead atoms. The molecule has 96 valence electrons. The minimum absolute atomic E-state index is 0.354. The van der Waals surface area contributed by atoms with E-state index in [4.69, 9.17) is 10.3 Å². The molecule has 3 aromatic rings. The molecule has 0 saturated carbocycles. The van der Waals surface area contributed by atoms with Gasteiger partial charge in [0.05, 0.1) is 6.20 Å². The second-order valence-electron chi connectivity index (χ2n) is 4.12. The molecule has 0 aromatic carbocycles. The van der Waals surface area contributed by atoms with E-state index in [1.165, 1.54) is 0 Å². The minimum atomic E-state index is -0.480. The zero-order chi connectivity index (χ0) is 13.2. The number of rotatable bonds is 3. The van der Waals surface area contributed by atoms with Crippen molar-refractivity contribution in [1.29, 1.82) is 0 Å². The maximum Gasteiger partial charge on any atom is 0.248 e. The van der Waals surface area contributed by atoms with E-state index in [0.29, 0.717) is 11.7 Å². The van der Waals surface area contributed by atoms with Gasteiger partial charge in [-0.1, -0.05) is 5.16 Å². The highest BCUT2D eigenvalue weighted by atomic mass is 16.5. The summed E-state index contributed by atoms with van der Waals surface area (Å²) in [7, 11) is 1.82. The van der Waals surface area contributed by atoms with Crippen molar-refractivity contribution in [3.05, 3.63) is 48.4 Å². The Morgan fingerprint density at radius 1 is 1.37 bits per heavy atom. The van der Waals surface area contributed by atoms with Gasteiger partial charge >= 0.3 is 0 Å². The van der Waals surface area contributed by atoms with Crippen molar-refractivity contribution in [2.24, 2.45) is 12.8 Å². The molecule has 0 spiro atoms. The first kappa shape index (κ1) is 11.5. The van der Waals surface area contributed by atoms with Gasteiger partial charge < -0.3 is 10.3 Å². The van der Waals surface area contributed by atoms with E-state index in [1.54, 1.807) is 23.3 Å². The van der Waals surface area contributed by atoms with E-state index in [9.17, 15) is 0 Å². The molecule has 0 aliphatic heterocycles. The summed E-state index contributed by atoms with van der Waals surface area (Å²) in [4.78, 5) is 8.30. The summed E-state index contributed by atoms with van der Waals surface area (Å²) < 4.78 is 6.87. The fourth-order valence-electron chi connectivity index (χ4n) is 1.72. The maximum absolute atomic E-state index is 6.06. The van der Waals surface area contributed by atoms with E-state index in [2.05, 4.69) is 20.2 Å². The van der Waals surface area contributed by atoms with E-state index >= 15 is 0 Å². The lowest BCUT2D eigenvalue weighted by molar-refractivity contribution is 0.367. The lowest BCUT2D eigenvalue weighted by Crippen LogP contribution is -2.11.